The first-order chi connectivity index (χ1) is 16.4. The molecule has 1 aromatic heterocycles. The summed E-state index contributed by atoms with van der Waals surface area (Å²) in [6.07, 6.45) is 4.67. The molecule has 0 saturated carbocycles. The molecule has 1 aliphatic heterocycles. The van der Waals surface area contributed by atoms with Crippen LogP contribution in [-0.4, -0.2) is 53.3 Å². The maximum Gasteiger partial charge on any atom is 0.319 e. The Labute approximate surface area is 198 Å². The normalized spacial score (nSPS) is 14.5. The van der Waals surface area contributed by atoms with Crippen LogP contribution in [0.1, 0.15) is 30.4 Å². The Morgan fingerprint density at radius 1 is 0.971 bits per heavy atom. The first-order valence-electron chi connectivity index (χ1n) is 11.5. The predicted molar refractivity (Wildman–Crippen MR) is 133 cm³/mol. The fraction of sp³-hybridized carbons (Fsp3) is 0.320. The Balaban J connectivity index is 0.000000636. The number of nitrogens with one attached hydrogen (secondary N) is 1. The zero-order valence-electron chi connectivity index (χ0n) is 19.2. The van der Waals surface area contributed by atoms with E-state index in [1.807, 2.05) is 24.3 Å². The number of anilines is 1. The molecule has 2 aliphatic rings. The van der Waals surface area contributed by atoms with Crippen molar-refractivity contribution in [3.05, 3.63) is 59.7 Å². The predicted octanol–water partition coefficient (Wildman–Crippen LogP) is 3.04. The third kappa shape index (κ3) is 5.20. The summed E-state index contributed by atoms with van der Waals surface area (Å²) in [6, 6.07) is 15.2. The quantitative estimate of drug-likeness (QED) is 0.361. The lowest BCUT2D eigenvalue weighted by Gasteiger charge is -2.29. The number of hydrogen-bond donors (Lipinski definition) is 4. The van der Waals surface area contributed by atoms with Crippen molar-refractivity contribution in [1.82, 2.24) is 15.1 Å². The Morgan fingerprint density at radius 3 is 2.32 bits per heavy atom. The lowest BCUT2D eigenvalue weighted by Crippen LogP contribution is -2.42. The lowest BCUT2D eigenvalue weighted by molar-refractivity contribution is 0.229. The fourth-order valence-electron chi connectivity index (χ4n) is 4.70. The molecule has 1 fully saturated rings. The minimum Gasteiger partial charge on any atom is -0.352 e. The zero-order valence-corrected chi connectivity index (χ0v) is 19.2. The molecule has 2 aromatic carbocycles. The number of aromatic amines is 1. The van der Waals surface area contributed by atoms with Crippen LogP contribution in [-0.2, 0) is 6.42 Å². The second-order valence-corrected chi connectivity index (χ2v) is 8.60. The van der Waals surface area contributed by atoms with Gasteiger partial charge in [0, 0.05) is 41.9 Å². The molecule has 0 bridgehead atoms. The van der Waals surface area contributed by atoms with E-state index in [4.69, 9.17) is 10.5 Å². The number of carbonyl (C=O) groups is 2. The van der Waals surface area contributed by atoms with Crippen molar-refractivity contribution in [2.45, 2.75) is 25.7 Å². The van der Waals surface area contributed by atoms with Gasteiger partial charge in [0.05, 0.1) is 11.4 Å². The lowest BCUT2D eigenvalue weighted by atomic mass is 10.0. The average molecular weight is 462 g/mol. The smallest absolute Gasteiger partial charge is 0.319 e. The van der Waals surface area contributed by atoms with Crippen LogP contribution in [0.4, 0.5) is 15.3 Å². The Bertz CT molecular complexity index is 1150. The molecule has 0 radical (unpaired) electrons. The molecule has 2 heterocycles. The highest BCUT2D eigenvalue weighted by Gasteiger charge is 2.25. The molecule has 178 valence electrons. The Hall–Kier alpha value is -3.85. The van der Waals surface area contributed by atoms with E-state index in [9.17, 15) is 4.79 Å². The molecular formula is C25H31N7O2. The van der Waals surface area contributed by atoms with Gasteiger partial charge < -0.3 is 22.1 Å². The molecule has 5 rings (SSSR count). The number of carbonyl (C=O) groups excluding carboxylic acids is 2. The van der Waals surface area contributed by atoms with Gasteiger partial charge in [-0.2, -0.15) is 5.10 Å². The monoisotopic (exact) mass is 461 g/mol. The highest BCUT2D eigenvalue weighted by atomic mass is 16.2. The number of primary amides is 3. The van der Waals surface area contributed by atoms with Crippen LogP contribution in [0.3, 0.4) is 0 Å². The first-order valence-corrected chi connectivity index (χ1v) is 11.5. The van der Waals surface area contributed by atoms with Crippen molar-refractivity contribution in [2.75, 3.05) is 31.1 Å². The summed E-state index contributed by atoms with van der Waals surface area (Å²) in [5, 5.41) is 7.79. The van der Waals surface area contributed by atoms with Gasteiger partial charge in [0.2, 0.25) is 0 Å². The second kappa shape index (κ2) is 10.4. The third-order valence-corrected chi connectivity index (χ3v) is 6.33. The van der Waals surface area contributed by atoms with E-state index in [-0.39, 0.29) is 0 Å². The number of aromatic nitrogens is 2. The Kier molecular flexibility index (Phi) is 7.12. The Morgan fingerprint density at radius 2 is 1.65 bits per heavy atom. The second-order valence-electron chi connectivity index (χ2n) is 8.60. The van der Waals surface area contributed by atoms with Crippen LogP contribution in [0.15, 0.2) is 48.5 Å². The van der Waals surface area contributed by atoms with Crippen LogP contribution in [0, 0.1) is 0 Å². The van der Waals surface area contributed by atoms with E-state index in [0.717, 1.165) is 48.7 Å². The van der Waals surface area contributed by atoms with Gasteiger partial charge in [-0.05, 0) is 43.6 Å². The van der Waals surface area contributed by atoms with Crippen molar-refractivity contribution in [2.24, 2.45) is 17.2 Å². The standard InChI is InChI=1S/C24H27N5O.CH4N2O/c25-24(30)29(15-14-28-12-4-1-5-13-28)19-10-8-17(9-11-19)22-21-16-18-6-2-3-7-20(18)23(21)27-26-22;2-1(3)4/h2-3,6-11H,1,4-5,12-16H2,(H2,25,30)(H,26,27);(H4,2,3,4). The fourth-order valence-corrected chi connectivity index (χ4v) is 4.70. The topological polar surface area (TPSA) is 147 Å². The molecule has 4 amide bonds. The molecule has 1 saturated heterocycles. The van der Waals surface area contributed by atoms with Gasteiger partial charge in [-0.15, -0.1) is 0 Å². The number of nitrogens with two attached hydrogens (primary N) is 3. The number of H-pyrrole nitrogens is 1. The summed E-state index contributed by atoms with van der Waals surface area (Å²) >= 11 is 0. The highest BCUT2D eigenvalue weighted by Crippen LogP contribution is 2.40. The minimum absolute atomic E-state index is 0.407. The molecule has 9 heteroatoms. The molecular weight excluding hydrogens is 430 g/mol. The average Bonchev–Trinajstić information content (AvgIpc) is 3.39. The van der Waals surface area contributed by atoms with E-state index in [0.29, 0.717) is 6.54 Å². The summed E-state index contributed by atoms with van der Waals surface area (Å²) in [4.78, 5) is 25.2. The first kappa shape index (κ1) is 23.3. The van der Waals surface area contributed by atoms with Gasteiger partial charge in [0.1, 0.15) is 0 Å². The number of amides is 4. The van der Waals surface area contributed by atoms with Gasteiger partial charge >= 0.3 is 12.1 Å². The van der Waals surface area contributed by atoms with Crippen LogP contribution in [0.25, 0.3) is 22.5 Å². The number of piperidine rings is 1. The van der Waals surface area contributed by atoms with E-state index in [1.165, 1.54) is 36.0 Å². The van der Waals surface area contributed by atoms with Gasteiger partial charge in [-0.1, -0.05) is 42.8 Å². The van der Waals surface area contributed by atoms with E-state index in [2.05, 4.69) is 50.8 Å². The van der Waals surface area contributed by atoms with Crippen molar-refractivity contribution in [3.63, 3.8) is 0 Å². The number of rotatable bonds is 5. The number of hydrogen-bond acceptors (Lipinski definition) is 4. The summed E-state index contributed by atoms with van der Waals surface area (Å²) in [5.74, 6) is 0. The third-order valence-electron chi connectivity index (χ3n) is 6.33. The highest BCUT2D eigenvalue weighted by molar-refractivity contribution is 5.91. The molecule has 3 aromatic rings. The molecule has 0 spiro atoms. The van der Waals surface area contributed by atoms with Gasteiger partial charge in [0.15, 0.2) is 0 Å². The summed E-state index contributed by atoms with van der Waals surface area (Å²) in [6.45, 7) is 3.69. The zero-order chi connectivity index (χ0) is 24.1. The number of nitrogens with zero attached hydrogens (tertiary/aromatic N) is 3. The summed E-state index contributed by atoms with van der Waals surface area (Å²) < 4.78 is 0. The number of benzene rings is 2. The number of fused-ring (bicyclic) bond motifs is 3. The van der Waals surface area contributed by atoms with Crippen LogP contribution < -0.4 is 22.1 Å². The molecule has 1 aliphatic carbocycles. The van der Waals surface area contributed by atoms with Crippen molar-refractivity contribution >= 4 is 17.7 Å². The maximum atomic E-state index is 12.1. The van der Waals surface area contributed by atoms with Gasteiger partial charge in [-0.25, -0.2) is 9.59 Å². The molecule has 34 heavy (non-hydrogen) atoms. The van der Waals surface area contributed by atoms with Crippen LogP contribution in [0.5, 0.6) is 0 Å². The van der Waals surface area contributed by atoms with Crippen molar-refractivity contribution in [3.8, 4) is 22.5 Å². The van der Waals surface area contributed by atoms with Crippen molar-refractivity contribution < 1.29 is 9.59 Å². The van der Waals surface area contributed by atoms with E-state index < -0.39 is 12.1 Å². The molecule has 0 atom stereocenters. The maximum absolute atomic E-state index is 12.1. The van der Waals surface area contributed by atoms with Crippen LogP contribution >= 0.6 is 0 Å². The van der Waals surface area contributed by atoms with Gasteiger partial charge in [0.25, 0.3) is 0 Å². The molecule has 7 N–H and O–H groups in total. The molecule has 9 nitrogen and oxygen atoms in total. The van der Waals surface area contributed by atoms with Gasteiger partial charge in [-0.3, -0.25) is 10.00 Å². The minimum atomic E-state index is -0.833. The van der Waals surface area contributed by atoms with Crippen molar-refractivity contribution in [1.29, 1.82) is 0 Å². The number of urea groups is 2. The largest absolute Gasteiger partial charge is 0.352 e. The summed E-state index contributed by atoms with van der Waals surface area (Å²) in [7, 11) is 0. The number of likely N-dealkylation sites (tertiary alicyclic amines) is 1. The van der Waals surface area contributed by atoms with Crippen LogP contribution in [0.2, 0.25) is 0 Å². The van der Waals surface area contributed by atoms with E-state index in [1.54, 1.807) is 4.90 Å². The molecule has 0 unspecified atom stereocenters. The SMILES string of the molecule is NC(=O)N(CCN1CCCCC1)c1ccc(-c2n[nH]c3c2Cc2ccccc2-3)cc1.NC(N)=O. The summed E-state index contributed by atoms with van der Waals surface area (Å²) in [5.41, 5.74) is 22.0. The van der Waals surface area contributed by atoms with E-state index >= 15 is 0 Å².